The van der Waals surface area contributed by atoms with Crippen LogP contribution in [-0.4, -0.2) is 19.5 Å². The maximum absolute atomic E-state index is 12.1. The quantitative estimate of drug-likeness (QED) is 0.617. The zero-order valence-corrected chi connectivity index (χ0v) is 11.6. The fourth-order valence-corrected chi connectivity index (χ4v) is 2.62. The molecule has 0 aliphatic carbocycles. The second-order valence-electron chi connectivity index (χ2n) is 4.91. The lowest BCUT2D eigenvalue weighted by atomic mass is 10.1. The van der Waals surface area contributed by atoms with E-state index >= 15 is 0 Å². The summed E-state index contributed by atoms with van der Waals surface area (Å²) in [6, 6.07) is 11.5. The molecule has 22 heavy (non-hydrogen) atoms. The number of imidazole rings is 1. The van der Waals surface area contributed by atoms with E-state index in [9.17, 15) is 4.79 Å². The highest BCUT2D eigenvalue weighted by molar-refractivity contribution is 5.94. The molecule has 0 spiro atoms. The zero-order chi connectivity index (χ0) is 14.9. The molecular weight excluding hydrogens is 276 g/mol. The Labute approximate surface area is 125 Å². The third-order valence-corrected chi connectivity index (χ3v) is 3.62. The monoisotopic (exact) mass is 288 g/mol. The summed E-state index contributed by atoms with van der Waals surface area (Å²) < 4.78 is 1.80. The van der Waals surface area contributed by atoms with Gasteiger partial charge in [0.1, 0.15) is 11.5 Å². The van der Waals surface area contributed by atoms with Crippen molar-refractivity contribution < 1.29 is 0 Å². The van der Waals surface area contributed by atoms with Gasteiger partial charge >= 0.3 is 0 Å². The van der Waals surface area contributed by atoms with Crippen LogP contribution in [0.3, 0.4) is 0 Å². The first-order chi connectivity index (χ1) is 10.8. The van der Waals surface area contributed by atoms with Crippen molar-refractivity contribution in [1.29, 1.82) is 0 Å². The Morgan fingerprint density at radius 2 is 2.00 bits per heavy atom. The van der Waals surface area contributed by atoms with Crippen LogP contribution >= 0.6 is 0 Å². The van der Waals surface area contributed by atoms with E-state index in [1.54, 1.807) is 41.5 Å². The van der Waals surface area contributed by atoms with E-state index in [1.807, 2.05) is 30.5 Å². The Bertz CT molecular complexity index is 1010. The van der Waals surface area contributed by atoms with E-state index < -0.39 is 0 Å². The molecule has 1 N–H and O–H groups in total. The molecule has 5 heteroatoms. The van der Waals surface area contributed by atoms with Crippen LogP contribution in [0, 0.1) is 0 Å². The predicted octanol–water partition coefficient (Wildman–Crippen LogP) is 2.78. The molecule has 0 atom stereocenters. The Balaban J connectivity index is 2.00. The summed E-state index contributed by atoms with van der Waals surface area (Å²) in [7, 11) is 0. The van der Waals surface area contributed by atoms with Gasteiger partial charge in [-0.25, -0.2) is 4.98 Å². The highest BCUT2D eigenvalue weighted by atomic mass is 16.1. The lowest BCUT2D eigenvalue weighted by Gasteiger charge is -2.09. The second-order valence-corrected chi connectivity index (χ2v) is 4.91. The van der Waals surface area contributed by atoms with Gasteiger partial charge in [0, 0.05) is 41.9 Å². The first kappa shape index (κ1) is 12.5. The summed E-state index contributed by atoms with van der Waals surface area (Å²) in [4.78, 5) is 23.3. The van der Waals surface area contributed by atoms with Crippen molar-refractivity contribution in [2.24, 2.45) is 0 Å². The Morgan fingerprint density at radius 3 is 2.91 bits per heavy atom. The van der Waals surface area contributed by atoms with Crippen LogP contribution in [-0.2, 0) is 0 Å². The Hall–Kier alpha value is -3.21. The minimum absolute atomic E-state index is 0.149. The van der Waals surface area contributed by atoms with Gasteiger partial charge < -0.3 is 4.98 Å². The van der Waals surface area contributed by atoms with Crippen LogP contribution in [0.2, 0.25) is 0 Å². The Kier molecular flexibility index (Phi) is 2.83. The van der Waals surface area contributed by atoms with Crippen molar-refractivity contribution in [3.05, 3.63) is 77.7 Å². The molecule has 1 aromatic carbocycles. The van der Waals surface area contributed by atoms with E-state index in [0.717, 1.165) is 22.2 Å². The highest BCUT2D eigenvalue weighted by Crippen LogP contribution is 2.27. The van der Waals surface area contributed by atoms with Gasteiger partial charge in [-0.15, -0.1) is 0 Å². The number of H-pyrrole nitrogens is 1. The van der Waals surface area contributed by atoms with Crippen molar-refractivity contribution in [2.75, 3.05) is 0 Å². The van der Waals surface area contributed by atoms with Gasteiger partial charge in [-0.3, -0.25) is 14.3 Å². The van der Waals surface area contributed by atoms with Gasteiger partial charge in [-0.2, -0.15) is 0 Å². The van der Waals surface area contributed by atoms with Gasteiger partial charge in [0.15, 0.2) is 0 Å². The molecular formula is C17H12N4O. The maximum atomic E-state index is 12.1. The van der Waals surface area contributed by atoms with Crippen LogP contribution < -0.4 is 5.56 Å². The van der Waals surface area contributed by atoms with Crippen LogP contribution in [0.15, 0.2) is 72.2 Å². The molecule has 0 unspecified atom stereocenters. The van der Waals surface area contributed by atoms with E-state index in [2.05, 4.69) is 15.0 Å². The first-order valence-electron chi connectivity index (χ1n) is 6.89. The van der Waals surface area contributed by atoms with Crippen LogP contribution in [0.4, 0.5) is 0 Å². The Morgan fingerprint density at radius 1 is 1.05 bits per heavy atom. The first-order valence-corrected chi connectivity index (χ1v) is 6.89. The van der Waals surface area contributed by atoms with Crippen LogP contribution in [0.25, 0.3) is 27.8 Å². The van der Waals surface area contributed by atoms with Gasteiger partial charge in [0.25, 0.3) is 5.56 Å². The number of aromatic nitrogens is 4. The number of pyridine rings is 2. The topological polar surface area (TPSA) is 63.6 Å². The third kappa shape index (κ3) is 1.91. The minimum Gasteiger partial charge on any atom is -0.327 e. The molecule has 0 saturated heterocycles. The van der Waals surface area contributed by atoms with E-state index in [0.29, 0.717) is 5.69 Å². The van der Waals surface area contributed by atoms with Crippen LogP contribution in [0.5, 0.6) is 0 Å². The van der Waals surface area contributed by atoms with E-state index in [-0.39, 0.29) is 5.56 Å². The second kappa shape index (κ2) is 4.96. The van der Waals surface area contributed by atoms with Gasteiger partial charge in [-0.05, 0) is 23.6 Å². The summed E-state index contributed by atoms with van der Waals surface area (Å²) in [6.45, 7) is 0. The smallest absolute Gasteiger partial charge is 0.272 e. The van der Waals surface area contributed by atoms with Gasteiger partial charge in [0.05, 0.1) is 0 Å². The standard InChI is InChI=1S/C17H12N4O/c22-17-15(5-2-7-20-17)21-10-9-19-16(21)14-4-1-3-12-11-18-8-6-13(12)14/h1-11H,(H,20,22). The molecule has 4 rings (SSSR count). The minimum atomic E-state index is -0.149. The lowest BCUT2D eigenvalue weighted by molar-refractivity contribution is 1.02. The summed E-state index contributed by atoms with van der Waals surface area (Å²) in [5.74, 6) is 0.730. The fraction of sp³-hybridized carbons (Fsp3) is 0. The summed E-state index contributed by atoms with van der Waals surface area (Å²) in [5, 5.41) is 2.09. The van der Waals surface area contributed by atoms with Gasteiger partial charge in [0.2, 0.25) is 0 Å². The van der Waals surface area contributed by atoms with Crippen LogP contribution in [0.1, 0.15) is 0 Å². The summed E-state index contributed by atoms with van der Waals surface area (Å²) >= 11 is 0. The van der Waals surface area contributed by atoms with Gasteiger partial charge in [-0.1, -0.05) is 18.2 Å². The molecule has 106 valence electrons. The zero-order valence-electron chi connectivity index (χ0n) is 11.6. The van der Waals surface area contributed by atoms with Crippen molar-refractivity contribution in [3.63, 3.8) is 0 Å². The van der Waals surface area contributed by atoms with E-state index in [1.165, 1.54) is 0 Å². The van der Waals surface area contributed by atoms with Crippen molar-refractivity contribution in [3.8, 4) is 17.1 Å². The normalized spacial score (nSPS) is 10.9. The predicted molar refractivity (Wildman–Crippen MR) is 84.9 cm³/mol. The molecule has 0 bridgehead atoms. The summed E-state index contributed by atoms with van der Waals surface area (Å²) in [5.41, 5.74) is 1.36. The molecule has 5 nitrogen and oxygen atoms in total. The molecule has 3 aromatic heterocycles. The molecule has 3 heterocycles. The molecule has 0 amide bonds. The number of hydrogen-bond donors (Lipinski definition) is 1. The average molecular weight is 288 g/mol. The molecule has 4 aromatic rings. The number of fused-ring (bicyclic) bond motifs is 1. The van der Waals surface area contributed by atoms with Crippen molar-refractivity contribution in [1.82, 2.24) is 19.5 Å². The third-order valence-electron chi connectivity index (χ3n) is 3.62. The largest absolute Gasteiger partial charge is 0.327 e. The SMILES string of the molecule is O=c1[nH]cccc1-n1ccnc1-c1cccc2cnccc12. The molecule has 0 radical (unpaired) electrons. The molecule has 0 aliphatic rings. The number of benzene rings is 1. The lowest BCUT2D eigenvalue weighted by Crippen LogP contribution is -2.13. The number of nitrogens with zero attached hydrogens (tertiary/aromatic N) is 3. The molecule has 0 saturated carbocycles. The van der Waals surface area contributed by atoms with E-state index in [4.69, 9.17) is 0 Å². The van der Waals surface area contributed by atoms with Crippen molar-refractivity contribution in [2.45, 2.75) is 0 Å². The highest BCUT2D eigenvalue weighted by Gasteiger charge is 2.12. The number of rotatable bonds is 2. The fourth-order valence-electron chi connectivity index (χ4n) is 2.62. The number of hydrogen-bond acceptors (Lipinski definition) is 3. The molecule has 0 fully saturated rings. The van der Waals surface area contributed by atoms with Crippen molar-refractivity contribution >= 4 is 10.8 Å². The number of nitrogens with one attached hydrogen (secondary N) is 1. The number of aromatic amines is 1. The summed E-state index contributed by atoms with van der Waals surface area (Å²) in [6.07, 6.45) is 8.68. The maximum Gasteiger partial charge on any atom is 0.272 e. The average Bonchev–Trinajstić information content (AvgIpc) is 3.04. The molecule has 0 aliphatic heterocycles.